The average Bonchev–Trinajstić information content (AvgIpc) is 2.32. The van der Waals surface area contributed by atoms with Crippen LogP contribution in [0.3, 0.4) is 0 Å². The van der Waals surface area contributed by atoms with E-state index in [1.54, 1.807) is 0 Å². The van der Waals surface area contributed by atoms with Crippen LogP contribution < -0.4 is 5.73 Å². The van der Waals surface area contributed by atoms with Gasteiger partial charge in [-0.05, 0) is 63.5 Å². The maximum Gasteiger partial charge on any atom is 0.0331 e. The molecule has 1 spiro atoms. The molecule has 2 heteroatoms. The molecule has 2 saturated carbocycles. The summed E-state index contributed by atoms with van der Waals surface area (Å²) in [4.78, 5) is 2.75. The minimum atomic E-state index is 0.427. The third-order valence-electron chi connectivity index (χ3n) is 6.07. The maximum absolute atomic E-state index is 6.03. The zero-order valence-electron chi connectivity index (χ0n) is 11.2. The summed E-state index contributed by atoms with van der Waals surface area (Å²) in [6.07, 6.45) is 14.5. The Balaban J connectivity index is 1.60. The highest BCUT2D eigenvalue weighted by Gasteiger charge is 2.45. The molecule has 0 aromatic heterocycles. The standard InChI is InChI=1S/C15H28N2/c16-13-15(7-4-8-15)17-11-9-14(10-12-17)5-2-1-3-6-14/h1-13,16H2. The summed E-state index contributed by atoms with van der Waals surface area (Å²) in [7, 11) is 0. The first-order chi connectivity index (χ1) is 8.29. The van der Waals surface area contributed by atoms with Crippen LogP contribution in [0.4, 0.5) is 0 Å². The van der Waals surface area contributed by atoms with Gasteiger partial charge in [0.2, 0.25) is 0 Å². The van der Waals surface area contributed by atoms with Gasteiger partial charge in [0.15, 0.2) is 0 Å². The summed E-state index contributed by atoms with van der Waals surface area (Å²) in [5.41, 5.74) is 7.20. The van der Waals surface area contributed by atoms with Crippen LogP contribution in [0.25, 0.3) is 0 Å². The molecule has 17 heavy (non-hydrogen) atoms. The fraction of sp³-hybridized carbons (Fsp3) is 1.00. The molecule has 2 N–H and O–H groups in total. The first kappa shape index (κ1) is 12.0. The van der Waals surface area contributed by atoms with Crippen molar-refractivity contribution >= 4 is 0 Å². The van der Waals surface area contributed by atoms with E-state index < -0.39 is 0 Å². The lowest BCUT2D eigenvalue weighted by Gasteiger charge is -2.55. The smallest absolute Gasteiger partial charge is 0.0331 e. The highest BCUT2D eigenvalue weighted by Crippen LogP contribution is 2.47. The second kappa shape index (κ2) is 4.55. The van der Waals surface area contributed by atoms with E-state index >= 15 is 0 Å². The Labute approximate surface area is 106 Å². The number of nitrogens with two attached hydrogens (primary N) is 1. The van der Waals surface area contributed by atoms with E-state index in [0.717, 1.165) is 12.0 Å². The zero-order valence-corrected chi connectivity index (χ0v) is 11.2. The number of rotatable bonds is 2. The second-order valence-electron chi connectivity index (χ2n) is 6.83. The molecule has 2 nitrogen and oxygen atoms in total. The zero-order chi connectivity index (χ0) is 11.8. The maximum atomic E-state index is 6.03. The van der Waals surface area contributed by atoms with Crippen LogP contribution in [0, 0.1) is 5.41 Å². The fourth-order valence-corrected chi connectivity index (χ4v) is 4.49. The van der Waals surface area contributed by atoms with Gasteiger partial charge in [0.05, 0.1) is 0 Å². The van der Waals surface area contributed by atoms with Crippen molar-refractivity contribution in [2.45, 2.75) is 69.7 Å². The molecule has 2 aliphatic carbocycles. The third kappa shape index (κ3) is 2.04. The summed E-state index contributed by atoms with van der Waals surface area (Å²) >= 11 is 0. The Hall–Kier alpha value is -0.0800. The SMILES string of the molecule is NCC1(N2CCC3(CCCCC3)CC2)CCC1. The van der Waals surface area contributed by atoms with E-state index in [1.807, 2.05) is 0 Å². The van der Waals surface area contributed by atoms with Crippen LogP contribution >= 0.6 is 0 Å². The summed E-state index contributed by atoms with van der Waals surface area (Å²) < 4.78 is 0. The normalized spacial score (nSPS) is 32.3. The van der Waals surface area contributed by atoms with Crippen molar-refractivity contribution in [3.05, 3.63) is 0 Å². The van der Waals surface area contributed by atoms with Crippen molar-refractivity contribution in [3.8, 4) is 0 Å². The Morgan fingerprint density at radius 3 is 1.88 bits per heavy atom. The fourth-order valence-electron chi connectivity index (χ4n) is 4.49. The highest BCUT2D eigenvalue weighted by atomic mass is 15.2. The van der Waals surface area contributed by atoms with Crippen molar-refractivity contribution < 1.29 is 0 Å². The van der Waals surface area contributed by atoms with Crippen molar-refractivity contribution in [1.29, 1.82) is 0 Å². The predicted octanol–water partition coefficient (Wildman–Crippen LogP) is 2.91. The molecule has 0 bridgehead atoms. The van der Waals surface area contributed by atoms with E-state index in [4.69, 9.17) is 5.73 Å². The van der Waals surface area contributed by atoms with Crippen molar-refractivity contribution in [3.63, 3.8) is 0 Å². The lowest BCUT2D eigenvalue weighted by Crippen LogP contribution is -2.61. The average molecular weight is 236 g/mol. The minimum Gasteiger partial charge on any atom is -0.329 e. The lowest BCUT2D eigenvalue weighted by atomic mass is 9.66. The largest absolute Gasteiger partial charge is 0.329 e. The number of nitrogens with zero attached hydrogens (tertiary/aromatic N) is 1. The molecule has 1 heterocycles. The molecular weight excluding hydrogens is 208 g/mol. The molecule has 3 fully saturated rings. The highest BCUT2D eigenvalue weighted by molar-refractivity contribution is 5.02. The van der Waals surface area contributed by atoms with Crippen LogP contribution in [0.1, 0.15) is 64.2 Å². The molecule has 1 saturated heterocycles. The number of hydrogen-bond acceptors (Lipinski definition) is 2. The molecule has 3 aliphatic rings. The van der Waals surface area contributed by atoms with Crippen molar-refractivity contribution in [2.24, 2.45) is 11.1 Å². The van der Waals surface area contributed by atoms with Crippen LogP contribution in [0.5, 0.6) is 0 Å². The Morgan fingerprint density at radius 2 is 1.41 bits per heavy atom. The first-order valence-corrected chi connectivity index (χ1v) is 7.74. The molecule has 0 amide bonds. The van der Waals surface area contributed by atoms with Gasteiger partial charge in [-0.25, -0.2) is 0 Å². The number of piperidine rings is 1. The topological polar surface area (TPSA) is 29.3 Å². The second-order valence-corrected chi connectivity index (χ2v) is 6.83. The van der Waals surface area contributed by atoms with Crippen molar-refractivity contribution in [1.82, 2.24) is 4.90 Å². The molecule has 0 aromatic carbocycles. The monoisotopic (exact) mass is 236 g/mol. The molecular formula is C15H28N2. The van der Waals surface area contributed by atoms with Gasteiger partial charge < -0.3 is 5.73 Å². The van der Waals surface area contributed by atoms with Gasteiger partial charge in [-0.1, -0.05) is 19.3 Å². The lowest BCUT2D eigenvalue weighted by molar-refractivity contribution is -0.0333. The van der Waals surface area contributed by atoms with Crippen LogP contribution in [0.2, 0.25) is 0 Å². The summed E-state index contributed by atoms with van der Waals surface area (Å²) in [6.45, 7) is 3.55. The van der Waals surface area contributed by atoms with Gasteiger partial charge in [-0.3, -0.25) is 4.90 Å². The Kier molecular flexibility index (Phi) is 3.20. The summed E-state index contributed by atoms with van der Waals surface area (Å²) in [5.74, 6) is 0. The minimum absolute atomic E-state index is 0.427. The van der Waals surface area contributed by atoms with E-state index in [2.05, 4.69) is 4.90 Å². The third-order valence-corrected chi connectivity index (χ3v) is 6.07. The molecule has 1 aliphatic heterocycles. The molecule has 3 rings (SSSR count). The van der Waals surface area contributed by atoms with Gasteiger partial charge in [0.25, 0.3) is 0 Å². The number of hydrogen-bond donors (Lipinski definition) is 1. The van der Waals surface area contributed by atoms with E-state index in [9.17, 15) is 0 Å². The van der Waals surface area contributed by atoms with Gasteiger partial charge in [0, 0.05) is 12.1 Å². The van der Waals surface area contributed by atoms with Crippen LogP contribution in [-0.4, -0.2) is 30.1 Å². The summed E-state index contributed by atoms with van der Waals surface area (Å²) in [6, 6.07) is 0. The quantitative estimate of drug-likeness (QED) is 0.799. The van der Waals surface area contributed by atoms with E-state index in [0.29, 0.717) is 5.54 Å². The van der Waals surface area contributed by atoms with Gasteiger partial charge in [0.1, 0.15) is 0 Å². The predicted molar refractivity (Wildman–Crippen MR) is 72.0 cm³/mol. The Bertz CT molecular complexity index is 249. The molecule has 0 atom stereocenters. The van der Waals surface area contributed by atoms with Crippen LogP contribution in [-0.2, 0) is 0 Å². The molecule has 98 valence electrons. The van der Waals surface area contributed by atoms with Crippen molar-refractivity contribution in [2.75, 3.05) is 19.6 Å². The number of likely N-dealkylation sites (tertiary alicyclic amines) is 1. The van der Waals surface area contributed by atoms with Gasteiger partial charge in [-0.2, -0.15) is 0 Å². The molecule has 0 unspecified atom stereocenters. The van der Waals surface area contributed by atoms with Crippen LogP contribution in [0.15, 0.2) is 0 Å². The first-order valence-electron chi connectivity index (χ1n) is 7.74. The molecule has 0 radical (unpaired) electrons. The Morgan fingerprint density at radius 1 is 0.765 bits per heavy atom. The van der Waals surface area contributed by atoms with E-state index in [1.165, 1.54) is 77.3 Å². The summed E-state index contributed by atoms with van der Waals surface area (Å²) in [5, 5.41) is 0. The van der Waals surface area contributed by atoms with Gasteiger partial charge >= 0.3 is 0 Å². The van der Waals surface area contributed by atoms with E-state index in [-0.39, 0.29) is 0 Å². The molecule has 0 aromatic rings. The van der Waals surface area contributed by atoms with Gasteiger partial charge in [-0.15, -0.1) is 0 Å².